The summed E-state index contributed by atoms with van der Waals surface area (Å²) in [4.78, 5) is 21.8. The number of ether oxygens (including phenoxy) is 2. The van der Waals surface area contributed by atoms with Crippen molar-refractivity contribution in [1.82, 2.24) is 0 Å². The first-order valence-electron chi connectivity index (χ1n) is 5.01. The molecule has 16 heavy (non-hydrogen) atoms. The molecule has 0 heterocycles. The number of hydrogen-bond donors (Lipinski definition) is 0. The molecule has 0 aromatic heterocycles. The molecule has 0 fully saturated rings. The van der Waals surface area contributed by atoms with Crippen LogP contribution in [-0.2, 0) is 9.53 Å². The van der Waals surface area contributed by atoms with Crippen LogP contribution in [0.4, 0.5) is 0 Å². The molecule has 0 atom stereocenters. The third-order valence-corrected chi connectivity index (χ3v) is 1.94. The van der Waals surface area contributed by atoms with E-state index in [4.69, 9.17) is 9.47 Å². The second-order valence-electron chi connectivity index (χ2n) is 3.25. The van der Waals surface area contributed by atoms with Crippen molar-refractivity contribution < 1.29 is 19.1 Å². The highest BCUT2D eigenvalue weighted by Crippen LogP contribution is 2.14. The van der Waals surface area contributed by atoms with Gasteiger partial charge in [-0.05, 0) is 13.0 Å². The second-order valence-corrected chi connectivity index (χ2v) is 3.25. The standard InChI is InChI=1S/C11H13BO4/c1-2-15-11(14)7-16-10-4-3-9(12)5-8(10)6-13/h3-6H,2,7,12H2,1H3. The molecule has 1 rings (SSSR count). The number of carbonyl (C=O) groups is 2. The number of rotatable bonds is 5. The van der Waals surface area contributed by atoms with Gasteiger partial charge in [0.15, 0.2) is 12.9 Å². The average Bonchev–Trinajstić information content (AvgIpc) is 2.27. The van der Waals surface area contributed by atoms with Crippen LogP contribution >= 0.6 is 0 Å². The molecule has 0 amide bonds. The van der Waals surface area contributed by atoms with E-state index >= 15 is 0 Å². The lowest BCUT2D eigenvalue weighted by Crippen LogP contribution is -2.16. The van der Waals surface area contributed by atoms with Crippen molar-refractivity contribution >= 4 is 25.6 Å². The topological polar surface area (TPSA) is 52.6 Å². The van der Waals surface area contributed by atoms with Gasteiger partial charge in [-0.25, -0.2) is 4.79 Å². The summed E-state index contributed by atoms with van der Waals surface area (Å²) < 4.78 is 9.90. The van der Waals surface area contributed by atoms with Gasteiger partial charge < -0.3 is 9.47 Å². The Kier molecular flexibility index (Phi) is 4.57. The van der Waals surface area contributed by atoms with E-state index in [1.54, 1.807) is 19.1 Å². The van der Waals surface area contributed by atoms with Crippen molar-refractivity contribution in [3.05, 3.63) is 23.8 Å². The first-order chi connectivity index (χ1) is 7.67. The maximum Gasteiger partial charge on any atom is 0.344 e. The van der Waals surface area contributed by atoms with Gasteiger partial charge in [-0.2, -0.15) is 0 Å². The summed E-state index contributed by atoms with van der Waals surface area (Å²) >= 11 is 0. The third-order valence-electron chi connectivity index (χ3n) is 1.94. The Morgan fingerprint density at radius 3 is 2.88 bits per heavy atom. The highest BCUT2D eigenvalue weighted by atomic mass is 16.6. The smallest absolute Gasteiger partial charge is 0.344 e. The Bertz CT molecular complexity index is 390. The van der Waals surface area contributed by atoms with Crippen molar-refractivity contribution in [2.24, 2.45) is 0 Å². The molecular weight excluding hydrogens is 207 g/mol. The normalized spacial score (nSPS) is 9.56. The van der Waals surface area contributed by atoms with E-state index in [9.17, 15) is 9.59 Å². The minimum absolute atomic E-state index is 0.183. The maximum atomic E-state index is 11.0. The fourth-order valence-electron chi connectivity index (χ4n) is 1.23. The predicted molar refractivity (Wildman–Crippen MR) is 62.1 cm³/mol. The molecular formula is C11H13BO4. The van der Waals surface area contributed by atoms with Gasteiger partial charge >= 0.3 is 5.97 Å². The molecule has 0 radical (unpaired) electrons. The van der Waals surface area contributed by atoms with E-state index in [1.165, 1.54) is 0 Å². The zero-order chi connectivity index (χ0) is 12.0. The van der Waals surface area contributed by atoms with Crippen LogP contribution < -0.4 is 10.2 Å². The number of carbonyl (C=O) groups excluding carboxylic acids is 2. The molecule has 0 unspecified atom stereocenters. The van der Waals surface area contributed by atoms with Gasteiger partial charge in [-0.1, -0.05) is 17.6 Å². The van der Waals surface area contributed by atoms with Gasteiger partial charge in [-0.15, -0.1) is 0 Å². The molecule has 84 valence electrons. The van der Waals surface area contributed by atoms with Crippen LogP contribution in [0.5, 0.6) is 5.75 Å². The summed E-state index contributed by atoms with van der Waals surface area (Å²) in [6, 6.07) is 5.18. The van der Waals surface area contributed by atoms with Crippen molar-refractivity contribution in [1.29, 1.82) is 0 Å². The minimum Gasteiger partial charge on any atom is -0.481 e. The fraction of sp³-hybridized carbons (Fsp3) is 0.273. The van der Waals surface area contributed by atoms with Crippen molar-refractivity contribution in [2.45, 2.75) is 6.92 Å². The van der Waals surface area contributed by atoms with Gasteiger partial charge in [0, 0.05) is 0 Å². The number of aldehydes is 1. The van der Waals surface area contributed by atoms with Crippen molar-refractivity contribution in [3.63, 3.8) is 0 Å². The van der Waals surface area contributed by atoms with E-state index in [0.717, 1.165) is 5.46 Å². The van der Waals surface area contributed by atoms with E-state index in [0.29, 0.717) is 24.2 Å². The summed E-state index contributed by atoms with van der Waals surface area (Å²) in [6.07, 6.45) is 0.702. The molecule has 0 bridgehead atoms. The highest BCUT2D eigenvalue weighted by Gasteiger charge is 2.06. The Hall–Kier alpha value is -1.78. The van der Waals surface area contributed by atoms with E-state index < -0.39 is 5.97 Å². The molecule has 0 aliphatic carbocycles. The molecule has 0 saturated heterocycles. The molecule has 0 N–H and O–H groups in total. The third kappa shape index (κ3) is 3.42. The Labute approximate surface area is 95.0 Å². The Balaban J connectivity index is 2.66. The number of hydrogen-bond acceptors (Lipinski definition) is 4. The lowest BCUT2D eigenvalue weighted by molar-refractivity contribution is -0.145. The highest BCUT2D eigenvalue weighted by molar-refractivity contribution is 6.32. The lowest BCUT2D eigenvalue weighted by Gasteiger charge is -2.08. The zero-order valence-corrected chi connectivity index (χ0v) is 9.36. The Morgan fingerprint density at radius 2 is 2.25 bits per heavy atom. The SMILES string of the molecule is Bc1ccc(OCC(=O)OCC)c(C=O)c1. The van der Waals surface area contributed by atoms with Crippen LogP contribution in [0.2, 0.25) is 0 Å². The predicted octanol–water partition coefficient (Wildman–Crippen LogP) is -0.301. The van der Waals surface area contributed by atoms with Crippen LogP contribution in [0.1, 0.15) is 17.3 Å². The van der Waals surface area contributed by atoms with Crippen LogP contribution in [0, 0.1) is 0 Å². The minimum atomic E-state index is -0.445. The van der Waals surface area contributed by atoms with E-state index in [1.807, 2.05) is 13.9 Å². The number of esters is 1. The molecule has 0 spiro atoms. The fourth-order valence-corrected chi connectivity index (χ4v) is 1.23. The first kappa shape index (κ1) is 12.3. The van der Waals surface area contributed by atoms with Crippen molar-refractivity contribution in [3.8, 4) is 5.75 Å². The average molecular weight is 220 g/mol. The Morgan fingerprint density at radius 1 is 1.50 bits per heavy atom. The summed E-state index contributed by atoms with van der Waals surface area (Å²) in [5, 5.41) is 0. The van der Waals surface area contributed by atoms with Gasteiger partial charge in [0.1, 0.15) is 13.6 Å². The monoisotopic (exact) mass is 220 g/mol. The summed E-state index contributed by atoms with van der Waals surface area (Å²) in [7, 11) is 1.88. The number of benzene rings is 1. The molecule has 5 heteroatoms. The largest absolute Gasteiger partial charge is 0.481 e. The van der Waals surface area contributed by atoms with Gasteiger partial charge in [0.25, 0.3) is 0 Å². The lowest BCUT2D eigenvalue weighted by atomic mass is 9.94. The molecule has 4 nitrogen and oxygen atoms in total. The zero-order valence-electron chi connectivity index (χ0n) is 9.36. The molecule has 0 aliphatic rings. The van der Waals surface area contributed by atoms with E-state index in [-0.39, 0.29) is 6.61 Å². The molecule has 0 saturated carbocycles. The summed E-state index contributed by atoms with van der Waals surface area (Å²) in [5.41, 5.74) is 1.40. The van der Waals surface area contributed by atoms with Crippen LogP contribution in [-0.4, -0.2) is 33.3 Å². The molecule has 1 aromatic carbocycles. The molecule has 1 aromatic rings. The second kappa shape index (κ2) is 5.95. The maximum absolute atomic E-state index is 11.0. The summed E-state index contributed by atoms with van der Waals surface area (Å²) in [6.45, 7) is 1.86. The van der Waals surface area contributed by atoms with Crippen molar-refractivity contribution in [2.75, 3.05) is 13.2 Å². The van der Waals surface area contributed by atoms with Gasteiger partial charge in [0.2, 0.25) is 0 Å². The van der Waals surface area contributed by atoms with Crippen LogP contribution in [0.25, 0.3) is 0 Å². The summed E-state index contributed by atoms with van der Waals surface area (Å²) in [5.74, 6) is -0.0476. The van der Waals surface area contributed by atoms with Gasteiger partial charge in [0.05, 0.1) is 12.2 Å². The van der Waals surface area contributed by atoms with Gasteiger partial charge in [-0.3, -0.25) is 4.79 Å². The quantitative estimate of drug-likeness (QED) is 0.388. The molecule has 0 aliphatic heterocycles. The van der Waals surface area contributed by atoms with E-state index in [2.05, 4.69) is 0 Å². The van der Waals surface area contributed by atoms with Crippen LogP contribution in [0.15, 0.2) is 18.2 Å². The first-order valence-corrected chi connectivity index (χ1v) is 5.01. The van der Waals surface area contributed by atoms with Crippen LogP contribution in [0.3, 0.4) is 0 Å².